The van der Waals surface area contributed by atoms with E-state index in [0.29, 0.717) is 11.1 Å². The van der Waals surface area contributed by atoms with Crippen molar-refractivity contribution in [3.8, 4) is 0 Å². The van der Waals surface area contributed by atoms with Gasteiger partial charge < -0.3 is 5.32 Å². The molecule has 2 aromatic rings. The zero-order valence-corrected chi connectivity index (χ0v) is 10.3. The second-order valence-electron chi connectivity index (χ2n) is 4.12. The molecule has 1 N–H and O–H groups in total. The lowest BCUT2D eigenvalue weighted by Crippen LogP contribution is -2.22. The van der Waals surface area contributed by atoms with Crippen LogP contribution < -0.4 is 5.32 Å². The number of carbonyl (C=O) groups excluding carboxylic acids is 1. The van der Waals surface area contributed by atoms with Crippen LogP contribution in [0, 0.1) is 0 Å². The summed E-state index contributed by atoms with van der Waals surface area (Å²) in [7, 11) is 0. The third-order valence-corrected chi connectivity index (χ3v) is 2.66. The fourth-order valence-electron chi connectivity index (χ4n) is 1.59. The molecule has 2 rings (SSSR count). The fourth-order valence-corrected chi connectivity index (χ4v) is 1.59. The van der Waals surface area contributed by atoms with Gasteiger partial charge in [0.25, 0.3) is 5.91 Å². The summed E-state index contributed by atoms with van der Waals surface area (Å²) in [6.07, 6.45) is -1.38. The number of halogens is 3. The summed E-state index contributed by atoms with van der Waals surface area (Å²) in [5.74, 6) is -0.321. The Morgan fingerprint density at radius 3 is 2.40 bits per heavy atom. The first-order valence-corrected chi connectivity index (χ1v) is 5.81. The predicted octanol–water partition coefficient (Wildman–Crippen LogP) is 3.03. The zero-order chi connectivity index (χ0) is 14.6. The summed E-state index contributed by atoms with van der Waals surface area (Å²) in [5, 5.41) is 2.61. The van der Waals surface area contributed by atoms with Crippen molar-refractivity contribution in [1.29, 1.82) is 0 Å². The van der Waals surface area contributed by atoms with Crippen LogP contribution in [-0.2, 0) is 12.7 Å². The molecule has 0 saturated heterocycles. The van der Waals surface area contributed by atoms with Crippen molar-refractivity contribution in [2.75, 3.05) is 0 Å². The second-order valence-corrected chi connectivity index (χ2v) is 4.12. The van der Waals surface area contributed by atoms with Gasteiger partial charge in [-0.25, -0.2) is 0 Å². The van der Waals surface area contributed by atoms with E-state index < -0.39 is 11.7 Å². The van der Waals surface area contributed by atoms with Crippen molar-refractivity contribution in [3.63, 3.8) is 0 Å². The summed E-state index contributed by atoms with van der Waals surface area (Å²) in [6.45, 7) is 0.159. The Morgan fingerprint density at radius 2 is 1.85 bits per heavy atom. The van der Waals surface area contributed by atoms with E-state index in [4.69, 9.17) is 0 Å². The number of carbonyl (C=O) groups is 1. The number of nitrogens with one attached hydrogen (secondary N) is 1. The summed E-state index contributed by atoms with van der Waals surface area (Å²) in [6, 6.07) is 7.90. The third-order valence-electron chi connectivity index (χ3n) is 2.66. The van der Waals surface area contributed by atoms with E-state index in [-0.39, 0.29) is 12.5 Å². The first kappa shape index (κ1) is 14.0. The third kappa shape index (κ3) is 3.57. The molecule has 1 heterocycles. The van der Waals surface area contributed by atoms with Gasteiger partial charge in [0, 0.05) is 18.9 Å². The van der Waals surface area contributed by atoms with Crippen LogP contribution >= 0.6 is 0 Å². The van der Waals surface area contributed by atoms with Crippen LogP contribution in [0.2, 0.25) is 0 Å². The fraction of sp³-hybridized carbons (Fsp3) is 0.143. The van der Waals surface area contributed by atoms with Crippen LogP contribution in [0.1, 0.15) is 21.5 Å². The number of alkyl halides is 3. The lowest BCUT2D eigenvalue weighted by atomic mass is 10.1. The SMILES string of the molecule is O=C(NCc1ccc(C(F)(F)F)cc1)c1cccnc1. The number of benzene rings is 1. The Bertz CT molecular complexity index is 580. The molecule has 0 aliphatic heterocycles. The lowest BCUT2D eigenvalue weighted by Gasteiger charge is -2.08. The highest BCUT2D eigenvalue weighted by molar-refractivity contribution is 5.93. The molecule has 0 aliphatic rings. The van der Waals surface area contributed by atoms with Gasteiger partial charge in [-0.15, -0.1) is 0 Å². The number of amides is 1. The summed E-state index contributed by atoms with van der Waals surface area (Å²) in [5.41, 5.74) is 0.287. The minimum Gasteiger partial charge on any atom is -0.348 e. The highest BCUT2D eigenvalue weighted by atomic mass is 19.4. The lowest BCUT2D eigenvalue weighted by molar-refractivity contribution is -0.137. The Balaban J connectivity index is 1.96. The Hall–Kier alpha value is -2.37. The van der Waals surface area contributed by atoms with Gasteiger partial charge in [0.2, 0.25) is 0 Å². The molecule has 1 amide bonds. The van der Waals surface area contributed by atoms with Crippen molar-refractivity contribution < 1.29 is 18.0 Å². The van der Waals surface area contributed by atoms with Crippen molar-refractivity contribution in [3.05, 3.63) is 65.5 Å². The molecule has 1 aromatic heterocycles. The maximum absolute atomic E-state index is 12.4. The first-order chi connectivity index (χ1) is 9.47. The normalized spacial score (nSPS) is 11.2. The van der Waals surface area contributed by atoms with Gasteiger partial charge in [0.15, 0.2) is 0 Å². The largest absolute Gasteiger partial charge is 0.416 e. The average Bonchev–Trinajstić information content (AvgIpc) is 2.45. The van der Waals surface area contributed by atoms with E-state index in [2.05, 4.69) is 10.3 Å². The smallest absolute Gasteiger partial charge is 0.348 e. The molecule has 6 heteroatoms. The molecule has 0 bridgehead atoms. The molecular weight excluding hydrogens is 269 g/mol. The van der Waals surface area contributed by atoms with E-state index >= 15 is 0 Å². The minimum atomic E-state index is -4.35. The molecule has 0 fully saturated rings. The van der Waals surface area contributed by atoms with Crippen molar-refractivity contribution in [2.45, 2.75) is 12.7 Å². The molecule has 0 aliphatic carbocycles. The van der Waals surface area contributed by atoms with Crippen LogP contribution in [0.4, 0.5) is 13.2 Å². The van der Waals surface area contributed by atoms with E-state index in [1.165, 1.54) is 18.3 Å². The van der Waals surface area contributed by atoms with Gasteiger partial charge in [0.05, 0.1) is 11.1 Å². The van der Waals surface area contributed by atoms with Crippen LogP contribution in [0.15, 0.2) is 48.8 Å². The van der Waals surface area contributed by atoms with Gasteiger partial charge in [0.1, 0.15) is 0 Å². The molecular formula is C14H11F3N2O. The Labute approximate surface area is 113 Å². The molecule has 0 saturated carbocycles. The molecule has 0 atom stereocenters. The number of hydrogen-bond donors (Lipinski definition) is 1. The first-order valence-electron chi connectivity index (χ1n) is 5.81. The van der Waals surface area contributed by atoms with E-state index in [1.54, 1.807) is 18.3 Å². The number of hydrogen-bond acceptors (Lipinski definition) is 2. The standard InChI is InChI=1S/C14H11F3N2O/c15-14(16,17)12-5-3-10(4-6-12)8-19-13(20)11-2-1-7-18-9-11/h1-7,9H,8H2,(H,19,20). The number of nitrogens with zero attached hydrogens (tertiary/aromatic N) is 1. The highest BCUT2D eigenvalue weighted by Crippen LogP contribution is 2.28. The molecule has 20 heavy (non-hydrogen) atoms. The molecule has 0 spiro atoms. The van der Waals surface area contributed by atoms with Gasteiger partial charge in [-0.05, 0) is 29.8 Å². The summed E-state index contributed by atoms with van der Waals surface area (Å²) in [4.78, 5) is 15.5. The average molecular weight is 280 g/mol. The van der Waals surface area contributed by atoms with Crippen LogP contribution in [0.3, 0.4) is 0 Å². The van der Waals surface area contributed by atoms with Crippen LogP contribution in [-0.4, -0.2) is 10.9 Å². The summed E-state index contributed by atoms with van der Waals surface area (Å²) >= 11 is 0. The van der Waals surface area contributed by atoms with Gasteiger partial charge >= 0.3 is 6.18 Å². The quantitative estimate of drug-likeness (QED) is 0.939. The second kappa shape index (κ2) is 5.73. The van der Waals surface area contributed by atoms with Crippen molar-refractivity contribution in [1.82, 2.24) is 10.3 Å². The van der Waals surface area contributed by atoms with Crippen LogP contribution in [0.25, 0.3) is 0 Å². The zero-order valence-electron chi connectivity index (χ0n) is 10.3. The topological polar surface area (TPSA) is 42.0 Å². The van der Waals surface area contributed by atoms with Crippen LogP contribution in [0.5, 0.6) is 0 Å². The minimum absolute atomic E-state index is 0.159. The van der Waals surface area contributed by atoms with E-state index in [9.17, 15) is 18.0 Å². The highest BCUT2D eigenvalue weighted by Gasteiger charge is 2.29. The summed E-state index contributed by atoms with van der Waals surface area (Å²) < 4.78 is 37.1. The van der Waals surface area contributed by atoms with Gasteiger partial charge in [-0.2, -0.15) is 13.2 Å². The number of rotatable bonds is 3. The van der Waals surface area contributed by atoms with E-state index in [0.717, 1.165) is 12.1 Å². The molecule has 0 unspecified atom stereocenters. The Morgan fingerprint density at radius 1 is 1.15 bits per heavy atom. The monoisotopic (exact) mass is 280 g/mol. The Kier molecular flexibility index (Phi) is 4.02. The molecule has 1 aromatic carbocycles. The number of pyridine rings is 1. The maximum atomic E-state index is 12.4. The molecule has 0 radical (unpaired) electrons. The van der Waals surface area contributed by atoms with Crippen molar-refractivity contribution in [2.24, 2.45) is 0 Å². The van der Waals surface area contributed by atoms with Gasteiger partial charge in [-0.1, -0.05) is 12.1 Å². The van der Waals surface area contributed by atoms with E-state index in [1.807, 2.05) is 0 Å². The van der Waals surface area contributed by atoms with Gasteiger partial charge in [-0.3, -0.25) is 9.78 Å². The number of aromatic nitrogens is 1. The predicted molar refractivity (Wildman–Crippen MR) is 66.9 cm³/mol. The maximum Gasteiger partial charge on any atom is 0.416 e. The molecule has 3 nitrogen and oxygen atoms in total. The molecule has 104 valence electrons. The van der Waals surface area contributed by atoms with Crippen molar-refractivity contribution >= 4 is 5.91 Å².